The number of rotatable bonds is 3. The molecule has 2 N–H and O–H groups in total. The summed E-state index contributed by atoms with van der Waals surface area (Å²) in [5, 5.41) is 6.88. The molecule has 0 aromatic carbocycles. The first kappa shape index (κ1) is 11.7. The second kappa shape index (κ2) is 6.16. The molecule has 4 nitrogen and oxygen atoms in total. The summed E-state index contributed by atoms with van der Waals surface area (Å²) in [5.74, 6) is 0. The van der Waals surface area contributed by atoms with Gasteiger partial charge in [-0.3, -0.25) is 0 Å². The van der Waals surface area contributed by atoms with Gasteiger partial charge < -0.3 is 20.1 Å². The van der Waals surface area contributed by atoms with Crippen LogP contribution >= 0.6 is 12.2 Å². The minimum atomic E-state index is 0.121. The SMILES string of the molecule is CC(C)NC(=S)NCC1COCCO1. The predicted octanol–water partition coefficient (Wildman–Crippen LogP) is 0.274. The van der Waals surface area contributed by atoms with Crippen molar-refractivity contribution in [3.63, 3.8) is 0 Å². The van der Waals surface area contributed by atoms with Crippen LogP contribution in [0.1, 0.15) is 13.8 Å². The van der Waals surface area contributed by atoms with Crippen molar-refractivity contribution in [3.05, 3.63) is 0 Å². The minimum absolute atomic E-state index is 0.121. The first-order valence-electron chi connectivity index (χ1n) is 4.92. The Kier molecular flexibility index (Phi) is 5.14. The molecule has 0 aliphatic carbocycles. The third kappa shape index (κ3) is 4.74. The smallest absolute Gasteiger partial charge is 0.166 e. The van der Waals surface area contributed by atoms with Crippen molar-refractivity contribution in [2.45, 2.75) is 26.0 Å². The van der Waals surface area contributed by atoms with E-state index in [0.29, 0.717) is 37.5 Å². The monoisotopic (exact) mass is 218 g/mol. The Balaban J connectivity index is 2.09. The van der Waals surface area contributed by atoms with Crippen molar-refractivity contribution in [3.8, 4) is 0 Å². The van der Waals surface area contributed by atoms with Crippen molar-refractivity contribution in [2.24, 2.45) is 0 Å². The minimum Gasteiger partial charge on any atom is -0.376 e. The number of thiocarbonyl (C=S) groups is 1. The lowest BCUT2D eigenvalue weighted by Crippen LogP contribution is -2.45. The van der Waals surface area contributed by atoms with Crippen LogP contribution in [0, 0.1) is 0 Å². The summed E-state index contributed by atoms with van der Waals surface area (Å²) in [6, 6.07) is 0.360. The maximum atomic E-state index is 5.46. The molecule has 1 aliphatic rings. The van der Waals surface area contributed by atoms with Gasteiger partial charge in [-0.05, 0) is 26.1 Å². The zero-order chi connectivity index (χ0) is 10.4. The molecule has 82 valence electrons. The Hall–Kier alpha value is -0.390. The summed E-state index contributed by atoms with van der Waals surface area (Å²) >= 11 is 5.08. The number of hydrogen-bond acceptors (Lipinski definition) is 3. The highest BCUT2D eigenvalue weighted by Gasteiger charge is 2.14. The first-order chi connectivity index (χ1) is 6.68. The van der Waals surface area contributed by atoms with E-state index in [1.807, 2.05) is 13.8 Å². The summed E-state index contributed by atoms with van der Waals surface area (Å²) in [6.45, 7) is 6.83. The number of nitrogens with one attached hydrogen (secondary N) is 2. The van der Waals surface area contributed by atoms with Crippen molar-refractivity contribution in [1.29, 1.82) is 0 Å². The van der Waals surface area contributed by atoms with Crippen molar-refractivity contribution in [1.82, 2.24) is 10.6 Å². The van der Waals surface area contributed by atoms with Gasteiger partial charge in [0.05, 0.1) is 25.9 Å². The molecule has 14 heavy (non-hydrogen) atoms. The average Bonchev–Trinajstić information content (AvgIpc) is 2.15. The van der Waals surface area contributed by atoms with E-state index in [0.717, 1.165) is 0 Å². The van der Waals surface area contributed by atoms with E-state index in [1.165, 1.54) is 0 Å². The van der Waals surface area contributed by atoms with Gasteiger partial charge in [0.15, 0.2) is 5.11 Å². The lowest BCUT2D eigenvalue weighted by molar-refractivity contribution is -0.0849. The lowest BCUT2D eigenvalue weighted by Gasteiger charge is -2.24. The average molecular weight is 218 g/mol. The molecule has 0 aromatic rings. The maximum absolute atomic E-state index is 5.46. The highest BCUT2D eigenvalue weighted by Crippen LogP contribution is 1.98. The summed E-state index contributed by atoms with van der Waals surface area (Å²) < 4.78 is 10.7. The molecule has 0 aromatic heterocycles. The van der Waals surface area contributed by atoms with E-state index in [9.17, 15) is 0 Å². The van der Waals surface area contributed by atoms with Crippen LogP contribution in [0.15, 0.2) is 0 Å². The fourth-order valence-corrected chi connectivity index (χ4v) is 1.49. The molecule has 1 aliphatic heterocycles. The highest BCUT2D eigenvalue weighted by atomic mass is 32.1. The van der Waals surface area contributed by atoms with Gasteiger partial charge in [-0.2, -0.15) is 0 Å². The topological polar surface area (TPSA) is 42.5 Å². The third-order valence-electron chi connectivity index (χ3n) is 1.80. The molecule has 1 heterocycles. The van der Waals surface area contributed by atoms with E-state index in [2.05, 4.69) is 10.6 Å². The van der Waals surface area contributed by atoms with Crippen molar-refractivity contribution in [2.75, 3.05) is 26.4 Å². The van der Waals surface area contributed by atoms with E-state index >= 15 is 0 Å². The molecular weight excluding hydrogens is 200 g/mol. The van der Waals surface area contributed by atoms with Crippen LogP contribution in [0.5, 0.6) is 0 Å². The highest BCUT2D eigenvalue weighted by molar-refractivity contribution is 7.80. The van der Waals surface area contributed by atoms with Gasteiger partial charge in [-0.15, -0.1) is 0 Å². The fourth-order valence-electron chi connectivity index (χ4n) is 1.17. The predicted molar refractivity (Wildman–Crippen MR) is 59.4 cm³/mol. The number of ether oxygens (including phenoxy) is 2. The van der Waals surface area contributed by atoms with Crippen LogP contribution in [-0.4, -0.2) is 43.6 Å². The van der Waals surface area contributed by atoms with E-state index in [1.54, 1.807) is 0 Å². The molecule has 1 fully saturated rings. The Bertz CT molecular complexity index is 182. The largest absolute Gasteiger partial charge is 0.376 e. The Morgan fingerprint density at radius 2 is 2.29 bits per heavy atom. The summed E-state index contributed by atoms with van der Waals surface area (Å²) in [6.07, 6.45) is 0.121. The number of hydrogen-bond donors (Lipinski definition) is 2. The quantitative estimate of drug-likeness (QED) is 0.666. The van der Waals surface area contributed by atoms with Crippen molar-refractivity contribution < 1.29 is 9.47 Å². The molecule has 1 atom stereocenters. The van der Waals surface area contributed by atoms with Crippen LogP contribution < -0.4 is 10.6 Å². The van der Waals surface area contributed by atoms with Crippen molar-refractivity contribution >= 4 is 17.3 Å². The Morgan fingerprint density at radius 3 is 2.86 bits per heavy atom. The summed E-state index contributed by atoms with van der Waals surface area (Å²) in [7, 11) is 0. The summed E-state index contributed by atoms with van der Waals surface area (Å²) in [5.41, 5.74) is 0. The van der Waals surface area contributed by atoms with E-state index in [4.69, 9.17) is 21.7 Å². The molecule has 0 saturated carbocycles. The standard InChI is InChI=1S/C9H18N2O2S/c1-7(2)11-9(14)10-5-8-6-12-3-4-13-8/h7-8H,3-6H2,1-2H3,(H2,10,11,14). The fraction of sp³-hybridized carbons (Fsp3) is 0.889. The van der Waals surface area contributed by atoms with Gasteiger partial charge in [0.1, 0.15) is 0 Å². The maximum Gasteiger partial charge on any atom is 0.166 e. The first-order valence-corrected chi connectivity index (χ1v) is 5.33. The molecule has 1 rings (SSSR count). The zero-order valence-electron chi connectivity index (χ0n) is 8.71. The van der Waals surface area contributed by atoms with Gasteiger partial charge in [-0.25, -0.2) is 0 Å². The second-order valence-corrected chi connectivity index (χ2v) is 3.99. The van der Waals surface area contributed by atoms with Crippen LogP contribution in [0.3, 0.4) is 0 Å². The third-order valence-corrected chi connectivity index (χ3v) is 2.06. The molecule has 0 radical (unpaired) electrons. The van der Waals surface area contributed by atoms with Gasteiger partial charge in [0.2, 0.25) is 0 Å². The molecule has 0 bridgehead atoms. The Morgan fingerprint density at radius 1 is 1.50 bits per heavy atom. The normalized spacial score (nSPS) is 22.1. The molecule has 1 saturated heterocycles. The van der Waals surface area contributed by atoms with Gasteiger partial charge in [0.25, 0.3) is 0 Å². The molecule has 0 spiro atoms. The lowest BCUT2D eigenvalue weighted by atomic mass is 10.3. The van der Waals surface area contributed by atoms with E-state index < -0.39 is 0 Å². The molecule has 1 unspecified atom stereocenters. The molecular formula is C9H18N2O2S. The Labute approximate surface area is 90.3 Å². The zero-order valence-corrected chi connectivity index (χ0v) is 9.52. The second-order valence-electron chi connectivity index (χ2n) is 3.58. The summed E-state index contributed by atoms with van der Waals surface area (Å²) in [4.78, 5) is 0. The van der Waals surface area contributed by atoms with Crippen LogP contribution in [0.2, 0.25) is 0 Å². The van der Waals surface area contributed by atoms with Crippen LogP contribution in [0.4, 0.5) is 0 Å². The molecule has 5 heteroatoms. The van der Waals surface area contributed by atoms with Gasteiger partial charge >= 0.3 is 0 Å². The van der Waals surface area contributed by atoms with Gasteiger partial charge in [-0.1, -0.05) is 0 Å². The van der Waals surface area contributed by atoms with Crippen LogP contribution in [-0.2, 0) is 9.47 Å². The molecule has 0 amide bonds. The van der Waals surface area contributed by atoms with E-state index in [-0.39, 0.29) is 6.10 Å². The van der Waals surface area contributed by atoms with Crippen LogP contribution in [0.25, 0.3) is 0 Å². The van der Waals surface area contributed by atoms with Gasteiger partial charge in [0, 0.05) is 12.6 Å².